The first-order valence-electron chi connectivity index (χ1n) is 5.65. The van der Waals surface area contributed by atoms with Gasteiger partial charge in [0.25, 0.3) is 0 Å². The smallest absolute Gasteiger partial charge is 0.224 e. The molecule has 1 saturated carbocycles. The van der Waals surface area contributed by atoms with Crippen LogP contribution in [0.1, 0.15) is 19.3 Å². The summed E-state index contributed by atoms with van der Waals surface area (Å²) in [7, 11) is 1.78. The van der Waals surface area contributed by atoms with E-state index < -0.39 is 5.82 Å². The molecular weight excluding hydrogens is 245 g/mol. The van der Waals surface area contributed by atoms with Crippen LogP contribution in [-0.4, -0.2) is 34.8 Å². The maximum atomic E-state index is 13.6. The van der Waals surface area contributed by atoms with Crippen LogP contribution < -0.4 is 4.90 Å². The second kappa shape index (κ2) is 5.14. The Hall–Kier alpha value is -0.940. The summed E-state index contributed by atoms with van der Waals surface area (Å²) in [5.74, 6) is -0.107. The van der Waals surface area contributed by atoms with E-state index in [1.807, 2.05) is 0 Å². The Bertz CT molecular complexity index is 404. The summed E-state index contributed by atoms with van der Waals surface area (Å²) in [5, 5.41) is 9.31. The van der Waals surface area contributed by atoms with Crippen molar-refractivity contribution in [3.63, 3.8) is 0 Å². The third-order valence-electron chi connectivity index (χ3n) is 3.38. The summed E-state index contributed by atoms with van der Waals surface area (Å²) in [4.78, 5) is 9.26. The highest BCUT2D eigenvalue weighted by molar-refractivity contribution is 6.28. The van der Waals surface area contributed by atoms with E-state index in [2.05, 4.69) is 9.97 Å². The molecule has 1 aliphatic rings. The van der Waals surface area contributed by atoms with Gasteiger partial charge in [0.15, 0.2) is 11.6 Å². The molecule has 0 saturated heterocycles. The average molecular weight is 260 g/mol. The highest BCUT2D eigenvalue weighted by Gasteiger charge is 2.31. The summed E-state index contributed by atoms with van der Waals surface area (Å²) in [6.45, 7) is 0.120. The molecule has 0 amide bonds. The van der Waals surface area contributed by atoms with Crippen LogP contribution in [0.15, 0.2) is 6.20 Å². The number of hydrogen-bond donors (Lipinski definition) is 1. The molecule has 6 heteroatoms. The van der Waals surface area contributed by atoms with E-state index in [9.17, 15) is 9.50 Å². The van der Waals surface area contributed by atoms with Crippen LogP contribution in [0, 0.1) is 11.7 Å². The molecule has 0 bridgehead atoms. The number of aliphatic hydroxyl groups is 1. The predicted molar refractivity (Wildman–Crippen MR) is 63.6 cm³/mol. The molecule has 94 valence electrons. The number of aromatic nitrogens is 2. The first-order valence-corrected chi connectivity index (χ1v) is 6.03. The lowest BCUT2D eigenvalue weighted by molar-refractivity contribution is 0.216. The SMILES string of the molecule is CN(c1nc(Cl)ncc1F)C1CCCC1CO. The molecule has 0 aromatic carbocycles. The molecule has 2 atom stereocenters. The van der Waals surface area contributed by atoms with Crippen LogP contribution >= 0.6 is 11.6 Å². The van der Waals surface area contributed by atoms with Crippen molar-refractivity contribution in [1.82, 2.24) is 9.97 Å². The minimum atomic E-state index is -0.486. The van der Waals surface area contributed by atoms with E-state index in [-0.39, 0.29) is 29.7 Å². The van der Waals surface area contributed by atoms with Gasteiger partial charge in [-0.1, -0.05) is 6.42 Å². The lowest BCUT2D eigenvalue weighted by Gasteiger charge is -2.29. The van der Waals surface area contributed by atoms with Crippen molar-refractivity contribution in [3.8, 4) is 0 Å². The number of rotatable bonds is 3. The molecule has 2 unspecified atom stereocenters. The Morgan fingerprint density at radius 1 is 1.59 bits per heavy atom. The average Bonchev–Trinajstić information content (AvgIpc) is 2.79. The Morgan fingerprint density at radius 3 is 3.06 bits per heavy atom. The van der Waals surface area contributed by atoms with Crippen molar-refractivity contribution in [1.29, 1.82) is 0 Å². The van der Waals surface area contributed by atoms with E-state index in [1.165, 1.54) is 0 Å². The standard InChI is InChI=1S/C11H15ClFN3O/c1-16(9-4-2-3-7(9)6-17)10-8(13)5-14-11(12)15-10/h5,7,9,17H,2-4,6H2,1H3. The predicted octanol–water partition coefficient (Wildman–Crippen LogP) is 1.87. The Balaban J connectivity index is 2.24. The topological polar surface area (TPSA) is 49.2 Å². The molecule has 17 heavy (non-hydrogen) atoms. The molecular formula is C11H15ClFN3O. The summed E-state index contributed by atoms with van der Waals surface area (Å²) >= 11 is 5.67. The fraction of sp³-hybridized carbons (Fsp3) is 0.636. The van der Waals surface area contributed by atoms with Crippen molar-refractivity contribution >= 4 is 17.4 Å². The quantitative estimate of drug-likeness (QED) is 0.842. The lowest BCUT2D eigenvalue weighted by Crippen LogP contribution is -2.37. The highest BCUT2D eigenvalue weighted by atomic mass is 35.5. The zero-order valence-electron chi connectivity index (χ0n) is 9.61. The van der Waals surface area contributed by atoms with E-state index in [4.69, 9.17) is 11.6 Å². The van der Waals surface area contributed by atoms with E-state index in [0.29, 0.717) is 0 Å². The molecule has 2 rings (SSSR count). The minimum Gasteiger partial charge on any atom is -0.396 e. The summed E-state index contributed by atoms with van der Waals surface area (Å²) < 4.78 is 13.6. The van der Waals surface area contributed by atoms with Crippen LogP contribution in [0.4, 0.5) is 10.2 Å². The first kappa shape index (κ1) is 12.5. The van der Waals surface area contributed by atoms with Crippen molar-refractivity contribution in [3.05, 3.63) is 17.3 Å². The van der Waals surface area contributed by atoms with E-state index in [0.717, 1.165) is 25.5 Å². The molecule has 0 spiro atoms. The Labute approximate surface area is 104 Å². The summed E-state index contributed by atoms with van der Waals surface area (Å²) in [6, 6.07) is 0.112. The van der Waals surface area contributed by atoms with Gasteiger partial charge >= 0.3 is 0 Å². The first-order chi connectivity index (χ1) is 8.13. The van der Waals surface area contributed by atoms with Crippen molar-refractivity contribution in [2.45, 2.75) is 25.3 Å². The van der Waals surface area contributed by atoms with Crippen LogP contribution in [0.5, 0.6) is 0 Å². The summed E-state index contributed by atoms with van der Waals surface area (Å²) in [6.07, 6.45) is 4.01. The Morgan fingerprint density at radius 2 is 2.35 bits per heavy atom. The number of halogens is 2. The molecule has 1 aliphatic carbocycles. The van der Waals surface area contributed by atoms with Gasteiger partial charge in [-0.2, -0.15) is 4.98 Å². The molecule has 0 aliphatic heterocycles. The van der Waals surface area contributed by atoms with Gasteiger partial charge < -0.3 is 10.0 Å². The van der Waals surface area contributed by atoms with Gasteiger partial charge in [-0.3, -0.25) is 0 Å². The zero-order valence-corrected chi connectivity index (χ0v) is 10.4. The highest BCUT2D eigenvalue weighted by Crippen LogP contribution is 2.32. The molecule has 4 nitrogen and oxygen atoms in total. The fourth-order valence-electron chi connectivity index (χ4n) is 2.48. The maximum absolute atomic E-state index is 13.6. The number of hydrogen-bond acceptors (Lipinski definition) is 4. The number of aliphatic hydroxyl groups excluding tert-OH is 1. The lowest BCUT2D eigenvalue weighted by atomic mass is 10.0. The van der Waals surface area contributed by atoms with Crippen LogP contribution in [0.25, 0.3) is 0 Å². The molecule has 1 aromatic heterocycles. The molecule has 0 radical (unpaired) electrons. The van der Waals surface area contributed by atoms with E-state index >= 15 is 0 Å². The normalized spacial score (nSPS) is 24.0. The van der Waals surface area contributed by atoms with Gasteiger partial charge in [0.2, 0.25) is 5.28 Å². The van der Waals surface area contributed by atoms with Gasteiger partial charge in [0, 0.05) is 25.6 Å². The molecule has 1 aromatic rings. The van der Waals surface area contributed by atoms with Gasteiger partial charge in [-0.25, -0.2) is 9.37 Å². The fourth-order valence-corrected chi connectivity index (χ4v) is 2.61. The van der Waals surface area contributed by atoms with Crippen molar-refractivity contribution in [2.24, 2.45) is 5.92 Å². The van der Waals surface area contributed by atoms with Gasteiger partial charge in [0.1, 0.15) is 0 Å². The van der Waals surface area contributed by atoms with Crippen LogP contribution in [-0.2, 0) is 0 Å². The second-order valence-corrected chi connectivity index (χ2v) is 4.70. The van der Waals surface area contributed by atoms with Gasteiger partial charge in [-0.15, -0.1) is 0 Å². The molecule has 1 heterocycles. The third kappa shape index (κ3) is 2.50. The minimum absolute atomic E-state index is 0.0341. The molecule has 1 N–H and O–H groups in total. The van der Waals surface area contributed by atoms with E-state index in [1.54, 1.807) is 11.9 Å². The molecule has 1 fully saturated rings. The van der Waals surface area contributed by atoms with Crippen LogP contribution in [0.2, 0.25) is 5.28 Å². The Kier molecular flexibility index (Phi) is 3.79. The number of nitrogens with zero attached hydrogens (tertiary/aromatic N) is 3. The monoisotopic (exact) mass is 259 g/mol. The van der Waals surface area contributed by atoms with Crippen molar-refractivity contribution in [2.75, 3.05) is 18.6 Å². The summed E-state index contributed by atoms with van der Waals surface area (Å²) in [5.41, 5.74) is 0. The maximum Gasteiger partial charge on any atom is 0.224 e. The van der Waals surface area contributed by atoms with Gasteiger partial charge in [-0.05, 0) is 24.4 Å². The second-order valence-electron chi connectivity index (χ2n) is 4.36. The van der Waals surface area contributed by atoms with Gasteiger partial charge in [0.05, 0.1) is 6.20 Å². The third-order valence-corrected chi connectivity index (χ3v) is 3.56. The largest absolute Gasteiger partial charge is 0.396 e. The number of anilines is 1. The zero-order chi connectivity index (χ0) is 12.4. The van der Waals surface area contributed by atoms with Crippen molar-refractivity contribution < 1.29 is 9.50 Å². The van der Waals surface area contributed by atoms with Crippen LogP contribution in [0.3, 0.4) is 0 Å².